The Morgan fingerprint density at radius 2 is 2.06 bits per heavy atom. The third-order valence-electron chi connectivity index (χ3n) is 5.12. The van der Waals surface area contributed by atoms with Crippen molar-refractivity contribution in [3.8, 4) is 11.4 Å². The maximum absolute atomic E-state index is 12.5. The number of allylic oxidation sites excluding steroid dienone is 1. The highest BCUT2D eigenvalue weighted by Crippen LogP contribution is 2.31. The topological polar surface area (TPSA) is 72.3 Å². The van der Waals surface area contributed by atoms with Crippen LogP contribution in [-0.4, -0.2) is 69.7 Å². The molecule has 0 bridgehead atoms. The summed E-state index contributed by atoms with van der Waals surface area (Å²) in [5, 5.41) is 13.3. The lowest BCUT2D eigenvalue weighted by Gasteiger charge is -2.40. The molecular formula is C21H27Cl2N5O2S. The zero-order chi connectivity index (χ0) is 22.4. The molecule has 0 unspecified atom stereocenters. The molecule has 0 aliphatic carbocycles. The number of amides is 1. The summed E-state index contributed by atoms with van der Waals surface area (Å²) in [5.74, 6) is 0.798. The van der Waals surface area contributed by atoms with Gasteiger partial charge in [0.15, 0.2) is 11.0 Å². The molecule has 0 radical (unpaired) electrons. The van der Waals surface area contributed by atoms with Gasteiger partial charge in [-0.3, -0.25) is 14.3 Å². The molecule has 168 valence electrons. The fraction of sp³-hybridized carbons (Fsp3) is 0.476. The average molecular weight is 484 g/mol. The Kier molecular flexibility index (Phi) is 8.41. The molecule has 1 amide bonds. The molecule has 2 heterocycles. The third-order valence-corrected chi connectivity index (χ3v) is 6.63. The number of hydrogen-bond donors (Lipinski definition) is 1. The first-order valence-corrected chi connectivity index (χ1v) is 11.8. The van der Waals surface area contributed by atoms with Gasteiger partial charge >= 0.3 is 0 Å². The third kappa shape index (κ3) is 6.23. The van der Waals surface area contributed by atoms with Crippen LogP contribution in [0.5, 0.6) is 0 Å². The number of rotatable bonds is 9. The van der Waals surface area contributed by atoms with Crippen LogP contribution in [0.3, 0.4) is 0 Å². The lowest BCUT2D eigenvalue weighted by molar-refractivity contribution is -0.119. The van der Waals surface area contributed by atoms with Crippen LogP contribution in [0.2, 0.25) is 10.0 Å². The molecule has 1 aromatic heterocycles. The van der Waals surface area contributed by atoms with Crippen LogP contribution < -0.4 is 5.32 Å². The molecule has 1 N–H and O–H groups in total. The highest BCUT2D eigenvalue weighted by molar-refractivity contribution is 7.99. The first kappa shape index (κ1) is 24.1. The number of thioether (sulfide) groups is 1. The number of aromatic nitrogens is 3. The zero-order valence-corrected chi connectivity index (χ0v) is 20.1. The normalized spacial score (nSPS) is 15.1. The molecule has 0 atom stereocenters. The van der Waals surface area contributed by atoms with E-state index in [4.69, 9.17) is 27.9 Å². The number of benzene rings is 1. The predicted octanol–water partition coefficient (Wildman–Crippen LogP) is 3.76. The van der Waals surface area contributed by atoms with Crippen LogP contribution in [0.15, 0.2) is 36.0 Å². The highest BCUT2D eigenvalue weighted by atomic mass is 35.5. The minimum atomic E-state index is -0.133. The number of nitrogens with one attached hydrogen (secondary N) is 1. The van der Waals surface area contributed by atoms with Crippen LogP contribution in [0.4, 0.5) is 0 Å². The zero-order valence-electron chi connectivity index (χ0n) is 17.7. The molecule has 7 nitrogen and oxygen atoms in total. The van der Waals surface area contributed by atoms with Crippen molar-refractivity contribution in [1.82, 2.24) is 25.0 Å². The maximum Gasteiger partial charge on any atom is 0.230 e. The summed E-state index contributed by atoms with van der Waals surface area (Å²) in [6.07, 6.45) is 1.76. The average Bonchev–Trinajstić information content (AvgIpc) is 3.14. The van der Waals surface area contributed by atoms with Crippen LogP contribution >= 0.6 is 35.0 Å². The van der Waals surface area contributed by atoms with Gasteiger partial charge in [-0.05, 0) is 32.0 Å². The van der Waals surface area contributed by atoms with Gasteiger partial charge < -0.3 is 10.1 Å². The van der Waals surface area contributed by atoms with Crippen LogP contribution in [0.25, 0.3) is 11.4 Å². The number of hydrogen-bond acceptors (Lipinski definition) is 6. The van der Waals surface area contributed by atoms with Gasteiger partial charge in [0.05, 0.1) is 24.0 Å². The molecule has 10 heteroatoms. The molecule has 1 aromatic carbocycles. The van der Waals surface area contributed by atoms with Gasteiger partial charge in [-0.1, -0.05) is 41.0 Å². The van der Waals surface area contributed by atoms with Crippen molar-refractivity contribution >= 4 is 40.9 Å². The van der Waals surface area contributed by atoms with E-state index in [1.165, 1.54) is 11.8 Å². The smallest absolute Gasteiger partial charge is 0.230 e. The number of ether oxygens (including phenoxy) is 1. The summed E-state index contributed by atoms with van der Waals surface area (Å²) in [7, 11) is 0. The fourth-order valence-corrected chi connectivity index (χ4v) is 4.61. The summed E-state index contributed by atoms with van der Waals surface area (Å²) in [5.41, 5.74) is 0.592. The van der Waals surface area contributed by atoms with Crippen molar-refractivity contribution in [2.75, 3.05) is 38.6 Å². The Morgan fingerprint density at radius 3 is 2.74 bits per heavy atom. The lowest BCUT2D eigenvalue weighted by Crippen LogP contribution is -2.55. The number of nitrogens with zero attached hydrogens (tertiary/aromatic N) is 4. The van der Waals surface area contributed by atoms with Crippen LogP contribution in [0.1, 0.15) is 13.8 Å². The molecule has 1 saturated heterocycles. The molecule has 1 fully saturated rings. The molecule has 31 heavy (non-hydrogen) atoms. The highest BCUT2D eigenvalue weighted by Gasteiger charge is 2.28. The summed E-state index contributed by atoms with van der Waals surface area (Å²) >= 11 is 13.7. The van der Waals surface area contributed by atoms with E-state index in [0.29, 0.717) is 34.1 Å². The quantitative estimate of drug-likeness (QED) is 0.432. The molecule has 0 saturated carbocycles. The van der Waals surface area contributed by atoms with Crippen molar-refractivity contribution in [2.24, 2.45) is 0 Å². The molecule has 1 aliphatic rings. The lowest BCUT2D eigenvalue weighted by atomic mass is 10.0. The SMILES string of the molecule is C=CCn1c(SCC(=O)NCC(C)(C)N2CCOCC2)nnc1-c1ccc(Cl)cc1Cl. The van der Waals surface area contributed by atoms with Crippen molar-refractivity contribution in [3.05, 3.63) is 40.9 Å². The predicted molar refractivity (Wildman–Crippen MR) is 126 cm³/mol. The number of carbonyl (C=O) groups is 1. The number of morpholine rings is 1. The van der Waals surface area contributed by atoms with E-state index in [-0.39, 0.29) is 17.2 Å². The van der Waals surface area contributed by atoms with Gasteiger partial charge in [-0.15, -0.1) is 16.8 Å². The molecule has 0 spiro atoms. The van der Waals surface area contributed by atoms with E-state index in [0.717, 1.165) is 31.9 Å². The Bertz CT molecular complexity index is 928. The van der Waals surface area contributed by atoms with E-state index in [1.54, 1.807) is 18.2 Å². The number of carbonyl (C=O) groups excluding carboxylic acids is 1. The number of halogens is 2. The summed E-state index contributed by atoms with van der Waals surface area (Å²) in [6.45, 7) is 12.3. The van der Waals surface area contributed by atoms with E-state index in [1.807, 2.05) is 10.6 Å². The largest absolute Gasteiger partial charge is 0.379 e. The summed E-state index contributed by atoms with van der Waals surface area (Å²) in [6, 6.07) is 5.23. The van der Waals surface area contributed by atoms with Crippen molar-refractivity contribution in [1.29, 1.82) is 0 Å². The summed E-state index contributed by atoms with van der Waals surface area (Å²) < 4.78 is 7.30. The second-order valence-electron chi connectivity index (χ2n) is 7.81. The first-order chi connectivity index (χ1) is 14.8. The Balaban J connectivity index is 1.62. The van der Waals surface area contributed by atoms with Gasteiger partial charge in [0, 0.05) is 42.3 Å². The van der Waals surface area contributed by atoms with E-state index in [9.17, 15) is 4.79 Å². The van der Waals surface area contributed by atoms with E-state index in [2.05, 4.69) is 40.8 Å². The first-order valence-electron chi connectivity index (χ1n) is 10.0. The monoisotopic (exact) mass is 483 g/mol. The minimum absolute atomic E-state index is 0.0504. The van der Waals surface area contributed by atoms with E-state index >= 15 is 0 Å². The minimum Gasteiger partial charge on any atom is -0.379 e. The molecule has 1 aliphatic heterocycles. The van der Waals surface area contributed by atoms with Crippen LogP contribution in [0, 0.1) is 0 Å². The second kappa shape index (κ2) is 10.8. The van der Waals surface area contributed by atoms with Crippen molar-refractivity contribution in [3.63, 3.8) is 0 Å². The molecule has 3 rings (SSSR count). The fourth-order valence-electron chi connectivity index (χ4n) is 3.34. The Labute approximate surface area is 197 Å². The van der Waals surface area contributed by atoms with Gasteiger partial charge in [0.2, 0.25) is 5.91 Å². The van der Waals surface area contributed by atoms with E-state index < -0.39 is 0 Å². The Hall–Kier alpha value is -1.58. The van der Waals surface area contributed by atoms with Gasteiger partial charge in [-0.2, -0.15) is 0 Å². The Morgan fingerprint density at radius 1 is 1.32 bits per heavy atom. The van der Waals surface area contributed by atoms with Crippen molar-refractivity contribution in [2.45, 2.75) is 31.1 Å². The van der Waals surface area contributed by atoms with Crippen molar-refractivity contribution < 1.29 is 9.53 Å². The van der Waals surface area contributed by atoms with Gasteiger partial charge in [-0.25, -0.2) is 0 Å². The van der Waals surface area contributed by atoms with Gasteiger partial charge in [0.1, 0.15) is 0 Å². The van der Waals surface area contributed by atoms with Gasteiger partial charge in [0.25, 0.3) is 0 Å². The summed E-state index contributed by atoms with van der Waals surface area (Å²) in [4.78, 5) is 14.8. The molecular weight excluding hydrogens is 457 g/mol. The van der Waals surface area contributed by atoms with Crippen LogP contribution in [-0.2, 0) is 16.1 Å². The molecule has 2 aromatic rings. The standard InChI is InChI=1S/C21H27Cl2N5O2S/c1-4-7-28-19(16-6-5-15(22)12-17(16)23)25-26-20(28)31-13-18(29)24-14-21(2,3)27-8-10-30-11-9-27/h4-6,12H,1,7-11,13-14H2,2-3H3,(H,24,29). The second-order valence-corrected chi connectivity index (χ2v) is 9.59. The maximum atomic E-state index is 12.5.